The number of nitrogens with one attached hydrogen (secondary N) is 1. The fourth-order valence-corrected chi connectivity index (χ4v) is 4.27. The van der Waals surface area contributed by atoms with Crippen LogP contribution in [-0.2, 0) is 10.9 Å². The molecule has 2 atom stereocenters. The van der Waals surface area contributed by atoms with Gasteiger partial charge in [-0.15, -0.1) is 0 Å². The molecule has 3 N–H and O–H groups in total. The lowest BCUT2D eigenvalue weighted by Gasteiger charge is -2.26. The SMILES string of the molecule is CC(C)c1ncc(-c2cnc(N)c(C(F)(F)F)c2)[nH]1.CC1CCC(N2CCCOCC2)C1. The minimum Gasteiger partial charge on any atom is -0.383 e. The predicted molar refractivity (Wildman–Crippen MR) is 119 cm³/mol. The van der Waals surface area contributed by atoms with Gasteiger partial charge in [0.1, 0.15) is 11.6 Å². The van der Waals surface area contributed by atoms with E-state index in [9.17, 15) is 13.2 Å². The summed E-state index contributed by atoms with van der Waals surface area (Å²) in [4.78, 5) is 13.3. The fourth-order valence-electron chi connectivity index (χ4n) is 4.27. The minimum atomic E-state index is -4.52. The van der Waals surface area contributed by atoms with Gasteiger partial charge in [-0.25, -0.2) is 9.97 Å². The third-order valence-corrected chi connectivity index (χ3v) is 6.12. The first-order valence-corrected chi connectivity index (χ1v) is 11.3. The van der Waals surface area contributed by atoms with E-state index in [-0.39, 0.29) is 5.92 Å². The summed E-state index contributed by atoms with van der Waals surface area (Å²) in [6, 6.07) is 1.84. The Balaban J connectivity index is 0.000000193. The molecule has 1 aliphatic carbocycles. The molecule has 0 spiro atoms. The van der Waals surface area contributed by atoms with Crippen molar-refractivity contribution < 1.29 is 17.9 Å². The number of alkyl halides is 3. The first kappa shape index (κ1) is 24.5. The smallest absolute Gasteiger partial charge is 0.383 e. The number of aromatic nitrogens is 3. The molecule has 9 heteroatoms. The largest absolute Gasteiger partial charge is 0.419 e. The monoisotopic (exact) mass is 453 g/mol. The fraction of sp³-hybridized carbons (Fsp3) is 0.652. The predicted octanol–water partition coefficient (Wildman–Crippen LogP) is 5.09. The third kappa shape index (κ3) is 6.45. The number of nitrogens with two attached hydrogens (primary N) is 1. The molecule has 1 saturated heterocycles. The second-order valence-electron chi connectivity index (χ2n) is 9.07. The van der Waals surface area contributed by atoms with E-state index in [2.05, 4.69) is 26.8 Å². The molecular formula is C23H34F3N5O. The highest BCUT2D eigenvalue weighted by Crippen LogP contribution is 2.35. The summed E-state index contributed by atoms with van der Waals surface area (Å²) >= 11 is 0. The highest BCUT2D eigenvalue weighted by Gasteiger charge is 2.34. The van der Waals surface area contributed by atoms with Crippen molar-refractivity contribution in [2.45, 2.75) is 64.6 Å². The Morgan fingerprint density at radius 1 is 1.16 bits per heavy atom. The summed E-state index contributed by atoms with van der Waals surface area (Å²) in [5.41, 5.74) is 5.11. The van der Waals surface area contributed by atoms with Crippen LogP contribution in [0.5, 0.6) is 0 Å². The van der Waals surface area contributed by atoms with Gasteiger partial charge in [0.15, 0.2) is 0 Å². The number of rotatable bonds is 3. The number of hydrogen-bond donors (Lipinski definition) is 2. The first-order valence-electron chi connectivity index (χ1n) is 11.3. The molecule has 2 aromatic rings. The van der Waals surface area contributed by atoms with Crippen LogP contribution in [0, 0.1) is 5.92 Å². The molecule has 4 rings (SSSR count). The van der Waals surface area contributed by atoms with E-state index in [0.717, 1.165) is 37.8 Å². The molecule has 0 bridgehead atoms. The van der Waals surface area contributed by atoms with Crippen LogP contribution in [0.4, 0.5) is 19.0 Å². The molecule has 2 aliphatic rings. The van der Waals surface area contributed by atoms with Crippen LogP contribution in [0.2, 0.25) is 0 Å². The number of nitrogens with zero attached hydrogens (tertiary/aromatic N) is 3. The van der Waals surface area contributed by atoms with E-state index in [4.69, 9.17) is 10.5 Å². The topological polar surface area (TPSA) is 80.1 Å². The van der Waals surface area contributed by atoms with Crippen molar-refractivity contribution in [1.82, 2.24) is 19.9 Å². The van der Waals surface area contributed by atoms with Gasteiger partial charge in [-0.05, 0) is 37.7 Å². The van der Waals surface area contributed by atoms with Crippen LogP contribution in [0.3, 0.4) is 0 Å². The maximum absolute atomic E-state index is 12.7. The molecule has 2 unspecified atom stereocenters. The lowest BCUT2D eigenvalue weighted by Crippen LogP contribution is -2.35. The third-order valence-electron chi connectivity index (χ3n) is 6.12. The number of imidazole rings is 1. The molecule has 2 fully saturated rings. The van der Waals surface area contributed by atoms with Crippen molar-refractivity contribution in [3.05, 3.63) is 29.8 Å². The Bertz CT molecular complexity index is 860. The summed E-state index contributed by atoms with van der Waals surface area (Å²) in [6.07, 6.45) is 3.76. The standard InChI is InChI=1S/C12H13F3N4.C11H21NO/c1-6(2)11-18-5-9(19-11)7-3-8(12(13,14)15)10(16)17-4-7;1-10-3-4-11(9-10)12-5-2-7-13-8-6-12/h3-6H,1-2H3,(H2,16,17)(H,18,19);10-11H,2-9H2,1H3. The molecule has 6 nitrogen and oxygen atoms in total. The number of ether oxygens (including phenoxy) is 1. The van der Waals surface area contributed by atoms with Crippen molar-refractivity contribution in [3.8, 4) is 11.3 Å². The highest BCUT2D eigenvalue weighted by molar-refractivity contribution is 5.61. The molecule has 2 aromatic heterocycles. The second-order valence-corrected chi connectivity index (χ2v) is 9.07. The van der Waals surface area contributed by atoms with Crippen LogP contribution < -0.4 is 5.73 Å². The summed E-state index contributed by atoms with van der Waals surface area (Å²) in [5, 5.41) is 0. The quantitative estimate of drug-likeness (QED) is 0.676. The normalized spacial score (nSPS) is 22.5. The first-order chi connectivity index (χ1) is 15.1. The van der Waals surface area contributed by atoms with Gasteiger partial charge in [-0.2, -0.15) is 13.2 Å². The maximum Gasteiger partial charge on any atom is 0.419 e. The Hall–Kier alpha value is -2.13. The molecule has 1 saturated carbocycles. The zero-order valence-electron chi connectivity index (χ0n) is 19.1. The lowest BCUT2D eigenvalue weighted by atomic mass is 10.1. The number of pyridine rings is 1. The van der Waals surface area contributed by atoms with E-state index in [1.165, 1.54) is 44.6 Å². The van der Waals surface area contributed by atoms with Gasteiger partial charge in [-0.3, -0.25) is 4.90 Å². The Kier molecular flexibility index (Phi) is 8.16. The lowest BCUT2D eigenvalue weighted by molar-refractivity contribution is -0.137. The van der Waals surface area contributed by atoms with Gasteiger partial charge < -0.3 is 15.5 Å². The van der Waals surface area contributed by atoms with Crippen molar-refractivity contribution in [2.75, 3.05) is 32.0 Å². The van der Waals surface area contributed by atoms with Crippen LogP contribution in [0.1, 0.15) is 63.8 Å². The number of hydrogen-bond acceptors (Lipinski definition) is 5. The molecule has 178 valence electrons. The van der Waals surface area contributed by atoms with Crippen LogP contribution >= 0.6 is 0 Å². The van der Waals surface area contributed by atoms with Crippen molar-refractivity contribution in [3.63, 3.8) is 0 Å². The summed E-state index contributed by atoms with van der Waals surface area (Å²) in [7, 11) is 0. The van der Waals surface area contributed by atoms with Crippen molar-refractivity contribution in [1.29, 1.82) is 0 Å². The second kappa shape index (κ2) is 10.7. The molecule has 3 heterocycles. The zero-order chi connectivity index (χ0) is 23.3. The van der Waals surface area contributed by atoms with Crippen molar-refractivity contribution in [2.24, 2.45) is 5.92 Å². The van der Waals surface area contributed by atoms with Gasteiger partial charge in [0.2, 0.25) is 0 Å². The molecule has 0 amide bonds. The average molecular weight is 454 g/mol. The number of aromatic amines is 1. The number of H-pyrrole nitrogens is 1. The van der Waals surface area contributed by atoms with E-state index >= 15 is 0 Å². The minimum absolute atomic E-state index is 0.164. The average Bonchev–Trinajstić information content (AvgIpc) is 3.31. The Morgan fingerprint density at radius 2 is 1.94 bits per heavy atom. The zero-order valence-corrected chi connectivity index (χ0v) is 19.1. The highest BCUT2D eigenvalue weighted by atomic mass is 19.4. The van der Waals surface area contributed by atoms with Gasteiger partial charge in [-0.1, -0.05) is 20.8 Å². The van der Waals surface area contributed by atoms with Crippen LogP contribution in [-0.4, -0.2) is 52.2 Å². The summed E-state index contributed by atoms with van der Waals surface area (Å²) in [6.45, 7) is 10.6. The molecule has 0 aromatic carbocycles. The van der Waals surface area contributed by atoms with E-state index in [1.54, 1.807) is 0 Å². The Labute approximate surface area is 187 Å². The van der Waals surface area contributed by atoms with Gasteiger partial charge in [0, 0.05) is 43.4 Å². The summed E-state index contributed by atoms with van der Waals surface area (Å²) in [5.74, 6) is 1.30. The van der Waals surface area contributed by atoms with Gasteiger partial charge in [0.05, 0.1) is 24.1 Å². The molecule has 32 heavy (non-hydrogen) atoms. The molecular weight excluding hydrogens is 419 g/mol. The van der Waals surface area contributed by atoms with E-state index in [1.807, 2.05) is 13.8 Å². The van der Waals surface area contributed by atoms with Gasteiger partial charge >= 0.3 is 6.18 Å². The number of anilines is 1. The number of nitrogen functional groups attached to an aromatic ring is 1. The maximum atomic E-state index is 12.7. The van der Waals surface area contributed by atoms with E-state index < -0.39 is 17.6 Å². The van der Waals surface area contributed by atoms with E-state index in [0.29, 0.717) is 17.1 Å². The van der Waals surface area contributed by atoms with Gasteiger partial charge in [0.25, 0.3) is 0 Å². The van der Waals surface area contributed by atoms with Crippen LogP contribution in [0.25, 0.3) is 11.3 Å². The Morgan fingerprint density at radius 3 is 2.56 bits per heavy atom. The van der Waals surface area contributed by atoms with Crippen molar-refractivity contribution >= 4 is 5.82 Å². The van der Waals surface area contributed by atoms with Crippen LogP contribution in [0.15, 0.2) is 18.5 Å². The number of halogens is 3. The summed E-state index contributed by atoms with van der Waals surface area (Å²) < 4.78 is 43.7. The molecule has 1 aliphatic heterocycles. The molecule has 0 radical (unpaired) electrons.